The van der Waals surface area contributed by atoms with Gasteiger partial charge in [0.15, 0.2) is 0 Å². The monoisotopic (exact) mass is 253 g/mol. The number of hydrogen-bond donors (Lipinski definition) is 2. The molecule has 0 aliphatic rings. The second-order valence-electron chi connectivity index (χ2n) is 4.66. The van der Waals surface area contributed by atoms with Crippen LogP contribution in [-0.4, -0.2) is 26.3 Å². The highest BCUT2D eigenvalue weighted by atomic mass is 16.5. The van der Waals surface area contributed by atoms with Gasteiger partial charge in [-0.1, -0.05) is 32.9 Å². The molecule has 1 rings (SSSR count). The van der Waals surface area contributed by atoms with Crippen LogP contribution in [0, 0.1) is 5.92 Å². The van der Waals surface area contributed by atoms with Gasteiger partial charge in [0.2, 0.25) is 0 Å². The molecule has 0 saturated heterocycles. The molecule has 104 valence electrons. The highest BCUT2D eigenvalue weighted by Gasteiger charge is 2.31. The fraction of sp³-hybridized carbons (Fsp3) is 0.600. The quantitative estimate of drug-likeness (QED) is 0.867. The fourth-order valence-electron chi connectivity index (χ4n) is 1.84. The van der Waals surface area contributed by atoms with Crippen molar-refractivity contribution in [2.75, 3.05) is 21.2 Å². The van der Waals surface area contributed by atoms with Crippen LogP contribution in [-0.2, 0) is 5.60 Å². The Morgan fingerprint density at radius 2 is 1.89 bits per heavy atom. The Morgan fingerprint density at radius 1 is 1.33 bits per heavy atom. The van der Waals surface area contributed by atoms with Crippen molar-refractivity contribution in [1.82, 2.24) is 5.32 Å². The maximum atomic E-state index is 10.5. The van der Waals surface area contributed by atoms with Gasteiger partial charge in [0, 0.05) is 0 Å². The van der Waals surface area contributed by atoms with Gasteiger partial charge in [-0.15, -0.1) is 0 Å². The van der Waals surface area contributed by atoms with Gasteiger partial charge in [0.25, 0.3) is 0 Å². The summed E-state index contributed by atoms with van der Waals surface area (Å²) in [7, 11) is 5.39. The average Bonchev–Trinajstić information content (AvgIpc) is 2.38. The van der Waals surface area contributed by atoms with Crippen LogP contribution in [0.3, 0.4) is 0 Å². The van der Waals surface area contributed by atoms with E-state index in [0.29, 0.717) is 6.42 Å². The van der Waals surface area contributed by atoms with Crippen molar-refractivity contribution < 1.29 is 9.84 Å². The number of methoxy groups -OCH3 is 1. The van der Waals surface area contributed by atoms with Gasteiger partial charge in [0.05, 0.1) is 12.7 Å². The van der Waals surface area contributed by atoms with Gasteiger partial charge in [-0.2, -0.15) is 0 Å². The standard InChI is InChI=1S/C13H20O2.C2H7N/c1-5-13(14,10(2)3)11-7-6-8-12(9-11)15-4;1-3-2/h6-10,14H,5H2,1-4H3;3H,1-2H3. The average molecular weight is 253 g/mol. The molecule has 0 aliphatic carbocycles. The third kappa shape index (κ3) is 4.31. The molecule has 3 heteroatoms. The summed E-state index contributed by atoms with van der Waals surface area (Å²) >= 11 is 0. The van der Waals surface area contributed by atoms with Gasteiger partial charge in [-0.25, -0.2) is 0 Å². The van der Waals surface area contributed by atoms with E-state index < -0.39 is 5.60 Å². The van der Waals surface area contributed by atoms with E-state index in [0.717, 1.165) is 11.3 Å². The fourth-order valence-corrected chi connectivity index (χ4v) is 1.84. The first-order valence-electron chi connectivity index (χ1n) is 6.41. The molecule has 3 nitrogen and oxygen atoms in total. The normalized spacial score (nSPS) is 13.6. The molecule has 1 aromatic rings. The Morgan fingerprint density at radius 3 is 2.28 bits per heavy atom. The molecule has 1 aromatic carbocycles. The Labute approximate surface area is 111 Å². The van der Waals surface area contributed by atoms with Crippen molar-refractivity contribution in [3.8, 4) is 5.75 Å². The molecule has 0 fully saturated rings. The third-order valence-corrected chi connectivity index (χ3v) is 3.06. The van der Waals surface area contributed by atoms with E-state index in [1.54, 1.807) is 7.11 Å². The van der Waals surface area contributed by atoms with Crippen LogP contribution in [0.15, 0.2) is 24.3 Å². The van der Waals surface area contributed by atoms with E-state index in [1.807, 2.05) is 59.1 Å². The van der Waals surface area contributed by atoms with Gasteiger partial charge < -0.3 is 15.2 Å². The Balaban J connectivity index is 0.000000873. The zero-order valence-electron chi connectivity index (χ0n) is 12.4. The summed E-state index contributed by atoms with van der Waals surface area (Å²) in [6, 6.07) is 7.66. The van der Waals surface area contributed by atoms with E-state index in [2.05, 4.69) is 5.32 Å². The summed E-state index contributed by atoms with van der Waals surface area (Å²) in [6.07, 6.45) is 0.706. The highest BCUT2D eigenvalue weighted by molar-refractivity contribution is 5.32. The van der Waals surface area contributed by atoms with E-state index in [9.17, 15) is 5.11 Å². The summed E-state index contributed by atoms with van der Waals surface area (Å²) in [5, 5.41) is 13.3. The SMILES string of the molecule is CCC(O)(c1cccc(OC)c1)C(C)C.CNC. The number of rotatable bonds is 4. The largest absolute Gasteiger partial charge is 0.497 e. The number of ether oxygens (including phenoxy) is 1. The maximum absolute atomic E-state index is 10.5. The second-order valence-corrected chi connectivity index (χ2v) is 4.66. The maximum Gasteiger partial charge on any atom is 0.119 e. The first-order valence-corrected chi connectivity index (χ1v) is 6.41. The van der Waals surface area contributed by atoms with Crippen LogP contribution in [0.1, 0.15) is 32.8 Å². The van der Waals surface area contributed by atoms with Crippen LogP contribution in [0.5, 0.6) is 5.75 Å². The first kappa shape index (κ1) is 16.9. The molecule has 0 aliphatic heterocycles. The van der Waals surface area contributed by atoms with E-state index in [4.69, 9.17) is 4.74 Å². The van der Waals surface area contributed by atoms with Crippen LogP contribution >= 0.6 is 0 Å². The van der Waals surface area contributed by atoms with Gasteiger partial charge in [-0.3, -0.25) is 0 Å². The van der Waals surface area contributed by atoms with E-state index in [1.165, 1.54) is 0 Å². The summed E-state index contributed by atoms with van der Waals surface area (Å²) in [5.74, 6) is 0.981. The van der Waals surface area contributed by atoms with Gasteiger partial charge in [-0.05, 0) is 44.1 Å². The van der Waals surface area contributed by atoms with Gasteiger partial charge in [0.1, 0.15) is 5.75 Å². The molecular weight excluding hydrogens is 226 g/mol. The minimum absolute atomic E-state index is 0.189. The molecule has 18 heavy (non-hydrogen) atoms. The molecule has 1 atom stereocenters. The van der Waals surface area contributed by atoms with Gasteiger partial charge >= 0.3 is 0 Å². The molecule has 0 saturated carbocycles. The highest BCUT2D eigenvalue weighted by Crippen LogP contribution is 2.34. The lowest BCUT2D eigenvalue weighted by atomic mass is 9.81. The molecule has 0 heterocycles. The minimum atomic E-state index is -0.755. The predicted molar refractivity (Wildman–Crippen MR) is 77.0 cm³/mol. The van der Waals surface area contributed by atoms with Crippen molar-refractivity contribution in [1.29, 1.82) is 0 Å². The molecule has 0 bridgehead atoms. The smallest absolute Gasteiger partial charge is 0.119 e. The van der Waals surface area contributed by atoms with Crippen molar-refractivity contribution in [3.05, 3.63) is 29.8 Å². The minimum Gasteiger partial charge on any atom is -0.497 e. The second kappa shape index (κ2) is 8.11. The lowest BCUT2D eigenvalue weighted by molar-refractivity contribution is -0.0141. The molecule has 0 amide bonds. The predicted octanol–water partition coefficient (Wildman–Crippen LogP) is 2.78. The van der Waals surface area contributed by atoms with Crippen LogP contribution in [0.4, 0.5) is 0 Å². The van der Waals surface area contributed by atoms with Crippen molar-refractivity contribution in [3.63, 3.8) is 0 Å². The van der Waals surface area contributed by atoms with Crippen molar-refractivity contribution >= 4 is 0 Å². The number of hydrogen-bond acceptors (Lipinski definition) is 3. The summed E-state index contributed by atoms with van der Waals surface area (Å²) in [5.41, 5.74) is 0.175. The van der Waals surface area contributed by atoms with Crippen molar-refractivity contribution in [2.24, 2.45) is 5.92 Å². The zero-order chi connectivity index (χ0) is 14.2. The summed E-state index contributed by atoms with van der Waals surface area (Å²) in [4.78, 5) is 0. The summed E-state index contributed by atoms with van der Waals surface area (Å²) < 4.78 is 5.16. The molecule has 0 spiro atoms. The lowest BCUT2D eigenvalue weighted by Gasteiger charge is -2.31. The van der Waals surface area contributed by atoms with Crippen molar-refractivity contribution in [2.45, 2.75) is 32.8 Å². The topological polar surface area (TPSA) is 41.5 Å². The van der Waals surface area contributed by atoms with Crippen LogP contribution in [0.2, 0.25) is 0 Å². The third-order valence-electron chi connectivity index (χ3n) is 3.06. The molecule has 0 radical (unpaired) electrons. The molecule has 2 N–H and O–H groups in total. The number of nitrogens with one attached hydrogen (secondary N) is 1. The van der Waals surface area contributed by atoms with E-state index in [-0.39, 0.29) is 5.92 Å². The number of aliphatic hydroxyl groups is 1. The van der Waals surface area contributed by atoms with Crippen LogP contribution in [0.25, 0.3) is 0 Å². The Hall–Kier alpha value is -1.06. The molecule has 0 aromatic heterocycles. The Bertz CT molecular complexity index is 339. The Kier molecular flexibility index (Phi) is 7.64. The number of benzene rings is 1. The first-order chi connectivity index (χ1) is 8.46. The summed E-state index contributed by atoms with van der Waals surface area (Å²) in [6.45, 7) is 6.06. The van der Waals surface area contributed by atoms with Crippen LogP contribution < -0.4 is 10.1 Å². The lowest BCUT2D eigenvalue weighted by Crippen LogP contribution is -2.31. The molecule has 1 unspecified atom stereocenters. The zero-order valence-corrected chi connectivity index (χ0v) is 12.4. The molecular formula is C15H27NO2. The van der Waals surface area contributed by atoms with E-state index >= 15 is 0 Å².